The van der Waals surface area contributed by atoms with Crippen molar-refractivity contribution in [2.45, 2.75) is 64.5 Å². The van der Waals surface area contributed by atoms with Gasteiger partial charge in [0, 0.05) is 32.8 Å². The third-order valence-electron chi connectivity index (χ3n) is 6.95. The lowest BCUT2D eigenvalue weighted by molar-refractivity contribution is -0.130. The summed E-state index contributed by atoms with van der Waals surface area (Å²) in [6.07, 6.45) is 7.66. The van der Waals surface area contributed by atoms with Crippen LogP contribution in [0.25, 0.3) is 0 Å². The van der Waals surface area contributed by atoms with Crippen molar-refractivity contribution in [2.75, 3.05) is 20.2 Å². The van der Waals surface area contributed by atoms with Crippen molar-refractivity contribution in [2.24, 2.45) is 17.8 Å². The quantitative estimate of drug-likeness (QED) is 0.644. The number of benzene rings is 1. The van der Waals surface area contributed by atoms with E-state index in [-0.39, 0.29) is 12.1 Å². The highest BCUT2D eigenvalue weighted by Crippen LogP contribution is 2.42. The van der Waals surface area contributed by atoms with Crippen molar-refractivity contribution < 1.29 is 9.53 Å². The maximum absolute atomic E-state index is 12.9. The average molecular weight is 425 g/mol. The van der Waals surface area contributed by atoms with Crippen molar-refractivity contribution in [3.63, 3.8) is 0 Å². The summed E-state index contributed by atoms with van der Waals surface area (Å²) >= 11 is 0. The van der Waals surface area contributed by atoms with E-state index in [1.165, 1.54) is 5.56 Å². The van der Waals surface area contributed by atoms with Crippen LogP contribution in [0.1, 0.15) is 56.8 Å². The number of fused-ring (bicyclic) bond motifs is 1. The highest BCUT2D eigenvalue weighted by molar-refractivity contribution is 5.76. The lowest BCUT2D eigenvalue weighted by atomic mass is 9.77. The third kappa shape index (κ3) is 5.35. The molecule has 4 atom stereocenters. The van der Waals surface area contributed by atoms with Crippen molar-refractivity contribution in [3.8, 4) is 0 Å². The van der Waals surface area contributed by atoms with E-state index in [1.54, 1.807) is 7.11 Å². The summed E-state index contributed by atoms with van der Waals surface area (Å²) < 4.78 is 7.89. The topological polar surface area (TPSA) is 60.2 Å². The van der Waals surface area contributed by atoms with Crippen molar-refractivity contribution in [1.29, 1.82) is 0 Å². The summed E-state index contributed by atoms with van der Waals surface area (Å²) in [7, 11) is 1.80. The summed E-state index contributed by atoms with van der Waals surface area (Å²) in [6.45, 7) is 6.14. The van der Waals surface area contributed by atoms with E-state index in [9.17, 15) is 4.79 Å². The first-order chi connectivity index (χ1) is 15.0. The first kappa shape index (κ1) is 22.0. The summed E-state index contributed by atoms with van der Waals surface area (Å²) in [4.78, 5) is 15.0. The molecular formula is C25H36N4O2. The molecule has 1 amide bonds. The number of methoxy groups -OCH3 is 1. The Labute approximate surface area is 186 Å². The van der Waals surface area contributed by atoms with E-state index in [2.05, 4.69) is 59.5 Å². The standard InChI is InChI=1S/C25H36N4O2/c1-18(2)12-22-17-29(27-26-22)23-13-20-15-28(16-21(20)14-24(23)31-3)25(30)11-7-10-19-8-5-4-6-9-19/h4-6,8-9,17-18,20-21,23-24H,7,10-16H2,1-3H3/t20-,21+,23-,24-/m1/s1. The van der Waals surface area contributed by atoms with Gasteiger partial charge in [-0.2, -0.15) is 0 Å². The van der Waals surface area contributed by atoms with E-state index < -0.39 is 0 Å². The van der Waals surface area contributed by atoms with Gasteiger partial charge in [0.15, 0.2) is 0 Å². The highest BCUT2D eigenvalue weighted by atomic mass is 16.5. The minimum atomic E-state index is 0.128. The van der Waals surface area contributed by atoms with E-state index >= 15 is 0 Å². The zero-order valence-corrected chi connectivity index (χ0v) is 19.1. The Hall–Kier alpha value is -2.21. The number of amides is 1. The van der Waals surface area contributed by atoms with Gasteiger partial charge in [0.05, 0.1) is 17.8 Å². The fraction of sp³-hybridized carbons (Fsp3) is 0.640. The van der Waals surface area contributed by atoms with Crippen LogP contribution in [0.2, 0.25) is 0 Å². The summed E-state index contributed by atoms with van der Waals surface area (Å²) in [5.74, 6) is 1.91. The number of carbonyl (C=O) groups excluding carboxylic acids is 1. The van der Waals surface area contributed by atoms with E-state index in [0.29, 0.717) is 30.1 Å². The fourth-order valence-corrected chi connectivity index (χ4v) is 5.36. The second-order valence-corrected chi connectivity index (χ2v) is 9.76. The minimum absolute atomic E-state index is 0.128. The van der Waals surface area contributed by atoms with Gasteiger partial charge in [-0.05, 0) is 55.4 Å². The molecule has 2 fully saturated rings. The van der Waals surface area contributed by atoms with Crippen LogP contribution in [0, 0.1) is 17.8 Å². The van der Waals surface area contributed by atoms with Gasteiger partial charge in [-0.15, -0.1) is 5.10 Å². The Morgan fingerprint density at radius 3 is 2.61 bits per heavy atom. The molecule has 1 aromatic heterocycles. The number of hydrogen-bond acceptors (Lipinski definition) is 4. The second kappa shape index (κ2) is 9.94. The lowest BCUT2D eigenvalue weighted by Crippen LogP contribution is -2.37. The van der Waals surface area contributed by atoms with Gasteiger partial charge in [-0.1, -0.05) is 49.4 Å². The second-order valence-electron chi connectivity index (χ2n) is 9.76. The summed E-state index contributed by atoms with van der Waals surface area (Å²) in [5, 5.41) is 8.82. The predicted octanol–water partition coefficient (Wildman–Crippen LogP) is 3.92. The van der Waals surface area contributed by atoms with Gasteiger partial charge in [0.25, 0.3) is 0 Å². The number of carbonyl (C=O) groups is 1. The Balaban J connectivity index is 1.33. The number of likely N-dealkylation sites (tertiary alicyclic amines) is 1. The Morgan fingerprint density at radius 2 is 1.90 bits per heavy atom. The van der Waals surface area contributed by atoms with Crippen molar-refractivity contribution in [3.05, 3.63) is 47.8 Å². The zero-order chi connectivity index (χ0) is 21.8. The van der Waals surface area contributed by atoms with Gasteiger partial charge >= 0.3 is 0 Å². The van der Waals surface area contributed by atoms with E-state index in [0.717, 1.165) is 50.9 Å². The first-order valence-electron chi connectivity index (χ1n) is 11.8. The molecule has 1 aromatic carbocycles. The zero-order valence-electron chi connectivity index (χ0n) is 19.1. The summed E-state index contributed by atoms with van der Waals surface area (Å²) in [6, 6.07) is 10.6. The van der Waals surface area contributed by atoms with Crippen molar-refractivity contribution in [1.82, 2.24) is 19.9 Å². The molecule has 0 spiro atoms. The number of aromatic nitrogens is 3. The van der Waals surface area contributed by atoms with Gasteiger partial charge in [-0.25, -0.2) is 4.68 Å². The molecule has 0 bridgehead atoms. The molecule has 1 saturated heterocycles. The maximum Gasteiger partial charge on any atom is 0.222 e. The maximum atomic E-state index is 12.9. The smallest absolute Gasteiger partial charge is 0.222 e. The number of aryl methyl sites for hydroxylation is 1. The Kier molecular flexibility index (Phi) is 7.06. The normalized spacial score (nSPS) is 25.7. The van der Waals surface area contributed by atoms with Crippen LogP contribution in [0.5, 0.6) is 0 Å². The van der Waals surface area contributed by atoms with Crippen LogP contribution >= 0.6 is 0 Å². The van der Waals surface area contributed by atoms with Crippen LogP contribution in [0.4, 0.5) is 0 Å². The molecule has 2 aliphatic rings. The molecule has 4 rings (SSSR count). The number of ether oxygens (including phenoxy) is 1. The molecule has 1 aliphatic carbocycles. The predicted molar refractivity (Wildman–Crippen MR) is 121 cm³/mol. The van der Waals surface area contributed by atoms with Gasteiger partial charge in [0.2, 0.25) is 5.91 Å². The SMILES string of the molecule is CO[C@@H]1C[C@H]2CN(C(=O)CCCc3ccccc3)C[C@H]2C[C@H]1n1cc(CC(C)C)nn1. The molecule has 1 aliphatic heterocycles. The first-order valence-corrected chi connectivity index (χ1v) is 11.8. The molecule has 31 heavy (non-hydrogen) atoms. The van der Waals surface area contributed by atoms with Crippen LogP contribution in [0.3, 0.4) is 0 Å². The van der Waals surface area contributed by atoms with Crippen LogP contribution in [-0.4, -0.2) is 52.1 Å². The molecule has 168 valence electrons. The monoisotopic (exact) mass is 424 g/mol. The molecule has 2 aromatic rings. The van der Waals surface area contributed by atoms with Gasteiger partial charge in [0.1, 0.15) is 0 Å². The molecule has 6 heteroatoms. The van der Waals surface area contributed by atoms with Crippen LogP contribution < -0.4 is 0 Å². The summed E-state index contributed by atoms with van der Waals surface area (Å²) in [5.41, 5.74) is 2.36. The molecule has 1 saturated carbocycles. The number of rotatable bonds is 8. The van der Waals surface area contributed by atoms with Crippen LogP contribution in [-0.2, 0) is 22.4 Å². The molecule has 0 unspecified atom stereocenters. The van der Waals surface area contributed by atoms with Gasteiger partial charge < -0.3 is 9.64 Å². The Bertz CT molecular complexity index is 850. The lowest BCUT2D eigenvalue weighted by Gasteiger charge is -2.36. The third-order valence-corrected chi connectivity index (χ3v) is 6.95. The Morgan fingerprint density at radius 1 is 1.16 bits per heavy atom. The van der Waals surface area contributed by atoms with Crippen LogP contribution in [0.15, 0.2) is 36.5 Å². The molecule has 0 N–H and O–H groups in total. The van der Waals surface area contributed by atoms with E-state index in [1.807, 2.05) is 10.7 Å². The number of hydrogen-bond donors (Lipinski definition) is 0. The van der Waals surface area contributed by atoms with Gasteiger partial charge in [-0.3, -0.25) is 4.79 Å². The molecule has 0 radical (unpaired) electrons. The molecule has 2 heterocycles. The van der Waals surface area contributed by atoms with Crippen molar-refractivity contribution >= 4 is 5.91 Å². The number of nitrogens with zero attached hydrogens (tertiary/aromatic N) is 4. The minimum Gasteiger partial charge on any atom is -0.379 e. The average Bonchev–Trinajstić information content (AvgIpc) is 3.39. The molecular weight excluding hydrogens is 388 g/mol. The highest BCUT2D eigenvalue weighted by Gasteiger charge is 2.44. The largest absolute Gasteiger partial charge is 0.379 e. The van der Waals surface area contributed by atoms with E-state index in [4.69, 9.17) is 4.74 Å². The molecule has 6 nitrogen and oxygen atoms in total. The fourth-order valence-electron chi connectivity index (χ4n) is 5.36.